The standard InChI is InChI=1S/C9H19NO6/c10-2-1-3-15-9-8(14)7(13)6(12)5(4-11)16-9/h5-9,11-14H,1-4,10H2. The van der Waals surface area contributed by atoms with E-state index in [4.69, 9.17) is 20.3 Å². The van der Waals surface area contributed by atoms with E-state index in [9.17, 15) is 15.3 Å². The molecule has 0 aliphatic carbocycles. The zero-order valence-corrected chi connectivity index (χ0v) is 8.90. The van der Waals surface area contributed by atoms with E-state index in [2.05, 4.69) is 0 Å². The highest BCUT2D eigenvalue weighted by atomic mass is 16.7. The topological polar surface area (TPSA) is 125 Å². The molecule has 1 fully saturated rings. The molecule has 0 bridgehead atoms. The van der Waals surface area contributed by atoms with Gasteiger partial charge < -0.3 is 35.6 Å². The Labute approximate surface area is 93.4 Å². The number of aliphatic hydroxyl groups is 4. The number of nitrogens with two attached hydrogens (primary N) is 1. The van der Waals surface area contributed by atoms with Crippen LogP contribution in [0.25, 0.3) is 0 Å². The number of hydrogen-bond donors (Lipinski definition) is 5. The van der Waals surface area contributed by atoms with Crippen molar-refractivity contribution >= 4 is 0 Å². The van der Waals surface area contributed by atoms with Gasteiger partial charge in [-0.05, 0) is 13.0 Å². The van der Waals surface area contributed by atoms with E-state index in [1.54, 1.807) is 0 Å². The minimum atomic E-state index is -1.39. The van der Waals surface area contributed by atoms with Crippen molar-refractivity contribution in [2.75, 3.05) is 19.8 Å². The van der Waals surface area contributed by atoms with Crippen LogP contribution in [-0.4, -0.2) is 70.9 Å². The summed E-state index contributed by atoms with van der Waals surface area (Å²) in [5.41, 5.74) is 5.27. The molecule has 16 heavy (non-hydrogen) atoms. The molecule has 1 saturated heterocycles. The molecular formula is C9H19NO6. The zero-order chi connectivity index (χ0) is 12.1. The summed E-state index contributed by atoms with van der Waals surface area (Å²) in [5.74, 6) is 0. The van der Waals surface area contributed by atoms with E-state index < -0.39 is 37.3 Å². The van der Waals surface area contributed by atoms with Crippen molar-refractivity contribution in [2.24, 2.45) is 5.73 Å². The van der Waals surface area contributed by atoms with Gasteiger partial charge in [-0.25, -0.2) is 0 Å². The molecule has 0 aromatic heterocycles. The smallest absolute Gasteiger partial charge is 0.186 e. The molecule has 0 aromatic rings. The van der Waals surface area contributed by atoms with E-state index in [0.717, 1.165) is 0 Å². The molecule has 1 aliphatic heterocycles. The lowest BCUT2D eigenvalue weighted by Gasteiger charge is -2.39. The summed E-state index contributed by atoms with van der Waals surface area (Å²) >= 11 is 0. The fourth-order valence-corrected chi connectivity index (χ4v) is 1.49. The van der Waals surface area contributed by atoms with Crippen LogP contribution in [0.1, 0.15) is 6.42 Å². The normalized spacial score (nSPS) is 39.9. The van der Waals surface area contributed by atoms with Gasteiger partial charge in [0.05, 0.1) is 13.2 Å². The molecule has 0 aromatic carbocycles. The first-order chi connectivity index (χ1) is 7.61. The minimum absolute atomic E-state index is 0.277. The van der Waals surface area contributed by atoms with Crippen molar-refractivity contribution < 1.29 is 29.9 Å². The molecule has 0 radical (unpaired) electrons. The Hall–Kier alpha value is -0.280. The first kappa shape index (κ1) is 13.8. The van der Waals surface area contributed by atoms with Crippen molar-refractivity contribution in [3.8, 4) is 0 Å². The second kappa shape index (κ2) is 6.45. The van der Waals surface area contributed by atoms with Gasteiger partial charge in [0.1, 0.15) is 24.4 Å². The van der Waals surface area contributed by atoms with Gasteiger partial charge in [0, 0.05) is 0 Å². The van der Waals surface area contributed by atoms with Crippen LogP contribution in [0.3, 0.4) is 0 Å². The third-order valence-electron chi connectivity index (χ3n) is 2.48. The zero-order valence-electron chi connectivity index (χ0n) is 8.90. The van der Waals surface area contributed by atoms with Crippen LogP contribution in [0.5, 0.6) is 0 Å². The first-order valence-corrected chi connectivity index (χ1v) is 5.24. The molecule has 0 amide bonds. The Bertz CT molecular complexity index is 202. The Morgan fingerprint density at radius 3 is 2.38 bits per heavy atom. The first-order valence-electron chi connectivity index (χ1n) is 5.24. The minimum Gasteiger partial charge on any atom is -0.394 e. The van der Waals surface area contributed by atoms with Crippen molar-refractivity contribution in [1.29, 1.82) is 0 Å². The molecular weight excluding hydrogens is 218 g/mol. The maximum Gasteiger partial charge on any atom is 0.186 e. The summed E-state index contributed by atoms with van der Waals surface area (Å²) in [6, 6.07) is 0. The summed E-state index contributed by atoms with van der Waals surface area (Å²) in [7, 11) is 0. The number of hydrogen-bond acceptors (Lipinski definition) is 7. The van der Waals surface area contributed by atoms with Crippen LogP contribution in [-0.2, 0) is 9.47 Å². The fraction of sp³-hybridized carbons (Fsp3) is 1.00. The Balaban J connectivity index is 2.50. The monoisotopic (exact) mass is 237 g/mol. The summed E-state index contributed by atoms with van der Waals surface area (Å²) in [5, 5.41) is 37.4. The SMILES string of the molecule is NCCCOC1OC(CO)C(O)C(O)C1O. The highest BCUT2D eigenvalue weighted by Crippen LogP contribution is 2.21. The molecule has 1 rings (SSSR count). The lowest BCUT2D eigenvalue weighted by atomic mass is 9.99. The molecule has 7 nitrogen and oxygen atoms in total. The third-order valence-corrected chi connectivity index (χ3v) is 2.48. The third kappa shape index (κ3) is 3.11. The van der Waals surface area contributed by atoms with Gasteiger partial charge in [-0.1, -0.05) is 0 Å². The van der Waals surface area contributed by atoms with Crippen LogP contribution in [0.4, 0.5) is 0 Å². The van der Waals surface area contributed by atoms with Crippen LogP contribution in [0, 0.1) is 0 Å². The summed E-state index contributed by atoms with van der Waals surface area (Å²) in [4.78, 5) is 0. The maximum absolute atomic E-state index is 9.55. The maximum atomic E-state index is 9.55. The van der Waals surface area contributed by atoms with Crippen molar-refractivity contribution in [3.05, 3.63) is 0 Å². The van der Waals surface area contributed by atoms with Gasteiger partial charge in [0.25, 0.3) is 0 Å². The van der Waals surface area contributed by atoms with Crippen molar-refractivity contribution in [3.63, 3.8) is 0 Å². The van der Waals surface area contributed by atoms with E-state index in [-0.39, 0.29) is 6.61 Å². The number of rotatable bonds is 5. The van der Waals surface area contributed by atoms with Crippen LogP contribution in [0.15, 0.2) is 0 Å². The largest absolute Gasteiger partial charge is 0.394 e. The Morgan fingerprint density at radius 1 is 1.12 bits per heavy atom. The van der Waals surface area contributed by atoms with Crippen molar-refractivity contribution in [2.45, 2.75) is 37.1 Å². The lowest BCUT2D eigenvalue weighted by molar-refractivity contribution is -0.301. The molecule has 6 N–H and O–H groups in total. The van der Waals surface area contributed by atoms with Gasteiger partial charge in [0.2, 0.25) is 0 Å². The molecule has 1 heterocycles. The van der Waals surface area contributed by atoms with E-state index in [1.165, 1.54) is 0 Å². The van der Waals surface area contributed by atoms with E-state index >= 15 is 0 Å². The molecule has 7 heteroatoms. The molecule has 5 atom stereocenters. The average molecular weight is 237 g/mol. The second-order valence-electron chi connectivity index (χ2n) is 3.71. The summed E-state index contributed by atoms with van der Waals surface area (Å²) in [6.07, 6.45) is -5.48. The van der Waals surface area contributed by atoms with E-state index in [0.29, 0.717) is 13.0 Å². The fourth-order valence-electron chi connectivity index (χ4n) is 1.49. The molecule has 0 saturated carbocycles. The van der Waals surface area contributed by atoms with Crippen LogP contribution >= 0.6 is 0 Å². The summed E-state index contributed by atoms with van der Waals surface area (Å²) < 4.78 is 10.3. The van der Waals surface area contributed by atoms with Gasteiger partial charge in [-0.2, -0.15) is 0 Å². The molecule has 96 valence electrons. The van der Waals surface area contributed by atoms with Crippen LogP contribution < -0.4 is 5.73 Å². The van der Waals surface area contributed by atoms with Crippen molar-refractivity contribution in [1.82, 2.24) is 0 Å². The van der Waals surface area contributed by atoms with Gasteiger partial charge in [-0.3, -0.25) is 0 Å². The van der Waals surface area contributed by atoms with Gasteiger partial charge in [-0.15, -0.1) is 0 Å². The Morgan fingerprint density at radius 2 is 1.81 bits per heavy atom. The lowest BCUT2D eigenvalue weighted by Crippen LogP contribution is -2.59. The predicted molar refractivity (Wildman–Crippen MR) is 53.4 cm³/mol. The van der Waals surface area contributed by atoms with Gasteiger partial charge in [0.15, 0.2) is 6.29 Å². The molecule has 1 aliphatic rings. The van der Waals surface area contributed by atoms with E-state index in [1.807, 2.05) is 0 Å². The summed E-state index contributed by atoms with van der Waals surface area (Å²) in [6.45, 7) is 0.262. The molecule has 0 spiro atoms. The molecule has 5 unspecified atom stereocenters. The van der Waals surface area contributed by atoms with Gasteiger partial charge >= 0.3 is 0 Å². The average Bonchev–Trinajstić information content (AvgIpc) is 2.29. The Kier molecular flexibility index (Phi) is 5.56. The number of ether oxygens (including phenoxy) is 2. The van der Waals surface area contributed by atoms with Crippen LogP contribution in [0.2, 0.25) is 0 Å². The highest BCUT2D eigenvalue weighted by molar-refractivity contribution is 4.88. The second-order valence-corrected chi connectivity index (χ2v) is 3.71. The quantitative estimate of drug-likeness (QED) is 0.326. The predicted octanol–water partition coefficient (Wildman–Crippen LogP) is -2.85. The number of aliphatic hydroxyl groups excluding tert-OH is 4. The highest BCUT2D eigenvalue weighted by Gasteiger charge is 2.43.